The minimum absolute atomic E-state index is 0.190. The molecule has 0 spiro atoms. The number of ether oxygens (including phenoxy) is 1. The number of carbonyl (C=O) groups excluding carboxylic acids is 1. The van der Waals surface area contributed by atoms with Gasteiger partial charge in [-0.1, -0.05) is 12.1 Å². The molecule has 4 heteroatoms. The van der Waals surface area contributed by atoms with Crippen molar-refractivity contribution in [3.63, 3.8) is 0 Å². The maximum Gasteiger partial charge on any atom is 0.377 e. The predicted molar refractivity (Wildman–Crippen MR) is 52.1 cm³/mol. The number of hydrogen-bond acceptors (Lipinski definition) is 3. The number of esters is 1. The Bertz CT molecular complexity index is 502. The van der Waals surface area contributed by atoms with Crippen molar-refractivity contribution in [2.45, 2.75) is 6.92 Å². The molecule has 3 nitrogen and oxygen atoms in total. The van der Waals surface area contributed by atoms with Gasteiger partial charge < -0.3 is 9.15 Å². The van der Waals surface area contributed by atoms with Gasteiger partial charge in [0.05, 0.1) is 12.0 Å². The van der Waals surface area contributed by atoms with E-state index in [4.69, 9.17) is 4.42 Å². The second-order valence-electron chi connectivity index (χ2n) is 2.96. The van der Waals surface area contributed by atoms with E-state index in [2.05, 4.69) is 4.74 Å². The van der Waals surface area contributed by atoms with Crippen LogP contribution >= 0.6 is 0 Å². The third-order valence-electron chi connectivity index (χ3n) is 2.00. The largest absolute Gasteiger partial charge is 0.460 e. The highest BCUT2D eigenvalue weighted by atomic mass is 19.1. The molecule has 0 aliphatic rings. The number of halogens is 1. The average Bonchev–Trinajstić information content (AvgIpc) is 2.57. The molecule has 15 heavy (non-hydrogen) atoms. The van der Waals surface area contributed by atoms with Gasteiger partial charge in [-0.05, 0) is 19.1 Å². The van der Waals surface area contributed by atoms with Crippen LogP contribution in [0, 0.1) is 5.82 Å². The number of fused-ring (bicyclic) bond motifs is 1. The summed E-state index contributed by atoms with van der Waals surface area (Å²) in [5.41, 5.74) is 0.345. The van der Waals surface area contributed by atoms with Crippen LogP contribution in [0.2, 0.25) is 0 Å². The number of carbonyl (C=O) groups is 1. The lowest BCUT2D eigenvalue weighted by Gasteiger charge is -1.96. The van der Waals surface area contributed by atoms with Crippen LogP contribution in [-0.4, -0.2) is 12.6 Å². The van der Waals surface area contributed by atoms with Gasteiger partial charge >= 0.3 is 5.97 Å². The van der Waals surface area contributed by atoms with Crippen LogP contribution in [0.1, 0.15) is 17.5 Å². The second kappa shape index (κ2) is 3.73. The fourth-order valence-electron chi connectivity index (χ4n) is 1.34. The minimum Gasteiger partial charge on any atom is -0.460 e. The first kappa shape index (κ1) is 9.71. The summed E-state index contributed by atoms with van der Waals surface area (Å²) in [5, 5.41) is 0.292. The first-order valence-corrected chi connectivity index (χ1v) is 4.58. The molecule has 1 aromatic heterocycles. The Morgan fingerprint density at radius 3 is 2.87 bits per heavy atom. The Morgan fingerprint density at radius 2 is 2.20 bits per heavy atom. The number of hydrogen-bond donors (Lipinski definition) is 0. The second-order valence-corrected chi connectivity index (χ2v) is 2.96. The van der Waals surface area contributed by atoms with E-state index in [1.165, 1.54) is 0 Å². The zero-order chi connectivity index (χ0) is 10.8. The Kier molecular flexibility index (Phi) is 2.41. The van der Waals surface area contributed by atoms with Crippen LogP contribution in [-0.2, 0) is 4.74 Å². The molecule has 2 rings (SSSR count). The molecule has 2 aromatic rings. The molecule has 0 aliphatic heterocycles. The Balaban J connectivity index is 2.53. The third kappa shape index (κ3) is 1.58. The van der Waals surface area contributed by atoms with Crippen LogP contribution in [0.15, 0.2) is 28.7 Å². The van der Waals surface area contributed by atoms with Crippen molar-refractivity contribution in [2.24, 2.45) is 0 Å². The highest BCUT2D eigenvalue weighted by Crippen LogP contribution is 2.24. The first-order valence-electron chi connectivity index (χ1n) is 4.58. The number of para-hydroxylation sites is 1. The summed E-state index contributed by atoms with van der Waals surface area (Å²) in [4.78, 5) is 11.3. The van der Waals surface area contributed by atoms with E-state index in [1.54, 1.807) is 31.2 Å². The Hall–Kier alpha value is -1.84. The molecule has 1 aromatic carbocycles. The van der Waals surface area contributed by atoms with Crippen molar-refractivity contribution in [2.75, 3.05) is 6.61 Å². The van der Waals surface area contributed by atoms with Crippen LogP contribution in [0.25, 0.3) is 11.0 Å². The van der Waals surface area contributed by atoms with Gasteiger partial charge in [-0.25, -0.2) is 9.18 Å². The van der Waals surface area contributed by atoms with Gasteiger partial charge in [0.15, 0.2) is 5.82 Å². The molecule has 0 aliphatic carbocycles. The van der Waals surface area contributed by atoms with E-state index in [0.717, 1.165) is 0 Å². The molecule has 0 saturated carbocycles. The summed E-state index contributed by atoms with van der Waals surface area (Å²) >= 11 is 0. The predicted octanol–water partition coefficient (Wildman–Crippen LogP) is 2.75. The normalized spacial score (nSPS) is 10.5. The highest BCUT2D eigenvalue weighted by molar-refractivity contribution is 5.93. The average molecular weight is 208 g/mol. The van der Waals surface area contributed by atoms with Crippen molar-refractivity contribution >= 4 is 16.9 Å². The zero-order valence-electron chi connectivity index (χ0n) is 8.12. The molecule has 78 valence electrons. The van der Waals surface area contributed by atoms with Crippen LogP contribution in [0.3, 0.4) is 0 Å². The van der Waals surface area contributed by atoms with Gasteiger partial charge in [0.2, 0.25) is 5.76 Å². The molecule has 0 saturated heterocycles. The van der Waals surface area contributed by atoms with Gasteiger partial charge in [0, 0.05) is 0 Å². The monoisotopic (exact) mass is 208 g/mol. The van der Waals surface area contributed by atoms with Crippen molar-refractivity contribution in [3.8, 4) is 0 Å². The molecule has 0 unspecified atom stereocenters. The molecule has 0 amide bonds. The first-order chi connectivity index (χ1) is 7.24. The lowest BCUT2D eigenvalue weighted by atomic mass is 10.2. The van der Waals surface area contributed by atoms with Crippen molar-refractivity contribution in [1.29, 1.82) is 0 Å². The lowest BCUT2D eigenvalue weighted by Crippen LogP contribution is -2.04. The molecular formula is C11H9FO3. The smallest absolute Gasteiger partial charge is 0.377 e. The van der Waals surface area contributed by atoms with Crippen molar-refractivity contribution in [3.05, 3.63) is 35.8 Å². The Labute approximate surface area is 85.4 Å². The molecule has 1 heterocycles. The SMILES string of the molecule is CCOC(=O)c1oc2ccccc2c1F. The van der Waals surface area contributed by atoms with E-state index in [0.29, 0.717) is 11.0 Å². The number of benzene rings is 1. The molecule has 0 atom stereocenters. The number of furan rings is 1. The summed E-state index contributed by atoms with van der Waals surface area (Å²) in [6.45, 7) is 1.84. The summed E-state index contributed by atoms with van der Waals surface area (Å²) in [6, 6.07) is 6.54. The van der Waals surface area contributed by atoms with E-state index in [9.17, 15) is 9.18 Å². The van der Waals surface area contributed by atoms with Gasteiger partial charge in [-0.3, -0.25) is 0 Å². The van der Waals surface area contributed by atoms with Gasteiger partial charge in [-0.15, -0.1) is 0 Å². The van der Waals surface area contributed by atoms with Gasteiger partial charge in [0.1, 0.15) is 5.58 Å². The van der Waals surface area contributed by atoms with E-state index >= 15 is 0 Å². The fourth-order valence-corrected chi connectivity index (χ4v) is 1.34. The summed E-state index contributed by atoms with van der Waals surface area (Å²) in [5.74, 6) is -1.80. The van der Waals surface area contributed by atoms with Crippen LogP contribution in [0.4, 0.5) is 4.39 Å². The molecule has 0 fully saturated rings. The van der Waals surface area contributed by atoms with Gasteiger partial charge in [-0.2, -0.15) is 0 Å². The minimum atomic E-state index is -0.772. The van der Waals surface area contributed by atoms with Crippen molar-refractivity contribution in [1.82, 2.24) is 0 Å². The number of rotatable bonds is 2. The summed E-state index contributed by atoms with van der Waals surface area (Å²) in [7, 11) is 0. The summed E-state index contributed by atoms with van der Waals surface area (Å²) in [6.07, 6.45) is 0. The quantitative estimate of drug-likeness (QED) is 0.712. The zero-order valence-corrected chi connectivity index (χ0v) is 8.12. The highest BCUT2D eigenvalue weighted by Gasteiger charge is 2.21. The lowest BCUT2D eigenvalue weighted by molar-refractivity contribution is 0.0485. The topological polar surface area (TPSA) is 39.4 Å². The van der Waals surface area contributed by atoms with Crippen molar-refractivity contribution < 1.29 is 18.3 Å². The van der Waals surface area contributed by atoms with E-state index < -0.39 is 11.8 Å². The molecular weight excluding hydrogens is 199 g/mol. The molecule has 0 N–H and O–H groups in total. The maximum atomic E-state index is 13.6. The van der Waals surface area contributed by atoms with E-state index in [-0.39, 0.29) is 12.4 Å². The Morgan fingerprint density at radius 1 is 1.47 bits per heavy atom. The third-order valence-corrected chi connectivity index (χ3v) is 2.00. The molecule has 0 bridgehead atoms. The van der Waals surface area contributed by atoms with Crippen LogP contribution < -0.4 is 0 Å². The molecule has 0 radical (unpaired) electrons. The summed E-state index contributed by atoms with van der Waals surface area (Å²) < 4.78 is 23.3. The maximum absolute atomic E-state index is 13.6. The standard InChI is InChI=1S/C11H9FO3/c1-2-14-11(13)10-9(12)7-5-3-4-6-8(7)15-10/h3-6H,2H2,1H3. The fraction of sp³-hybridized carbons (Fsp3) is 0.182. The van der Waals surface area contributed by atoms with Gasteiger partial charge in [0.25, 0.3) is 0 Å². The van der Waals surface area contributed by atoms with E-state index in [1.807, 2.05) is 0 Å². The van der Waals surface area contributed by atoms with Crippen LogP contribution in [0.5, 0.6) is 0 Å².